The Morgan fingerprint density at radius 2 is 1.76 bits per heavy atom. The molecule has 0 spiro atoms. The first kappa shape index (κ1) is 20.4. The molecule has 0 bridgehead atoms. The van der Waals surface area contributed by atoms with Gasteiger partial charge in [-0.1, -0.05) is 45.7 Å². The van der Waals surface area contributed by atoms with Crippen LogP contribution in [0.1, 0.15) is 51.5 Å². The van der Waals surface area contributed by atoms with Crippen molar-refractivity contribution in [3.8, 4) is 0 Å². The van der Waals surface area contributed by atoms with Crippen LogP contribution in [0.2, 0.25) is 0 Å². The van der Waals surface area contributed by atoms with E-state index in [-0.39, 0.29) is 18.4 Å². The third kappa shape index (κ3) is 6.34. The van der Waals surface area contributed by atoms with Crippen molar-refractivity contribution >= 4 is 22.4 Å². The Labute approximate surface area is 135 Å². The van der Waals surface area contributed by atoms with E-state index in [1.165, 1.54) is 0 Å². The van der Waals surface area contributed by atoms with E-state index in [1.54, 1.807) is 12.1 Å². The molecular weight excluding hydrogens is 308 g/mol. The molecule has 0 heterocycles. The van der Waals surface area contributed by atoms with Gasteiger partial charge in [0.1, 0.15) is 0 Å². The van der Waals surface area contributed by atoms with Crippen LogP contribution in [0.4, 0.5) is 0 Å². The number of nitrogens with one attached hydrogen (secondary N) is 1. The molecule has 21 heavy (non-hydrogen) atoms. The highest BCUT2D eigenvalue weighted by Gasteiger charge is 2.18. The summed E-state index contributed by atoms with van der Waals surface area (Å²) in [5.41, 5.74) is 6.77. The third-order valence-electron chi connectivity index (χ3n) is 3.37. The van der Waals surface area contributed by atoms with Gasteiger partial charge in [-0.15, -0.1) is 12.4 Å². The topological polar surface area (TPSA) is 72.2 Å². The van der Waals surface area contributed by atoms with Gasteiger partial charge in [0.25, 0.3) is 0 Å². The highest BCUT2D eigenvalue weighted by atomic mass is 35.5. The fraction of sp³-hybridized carbons (Fsp3) is 0.600. The zero-order chi connectivity index (χ0) is 15.2. The molecule has 1 aromatic carbocycles. The lowest BCUT2D eigenvalue weighted by Gasteiger charge is -2.17. The second kappa shape index (κ2) is 9.41. The second-order valence-electron chi connectivity index (χ2n) is 5.42. The summed E-state index contributed by atoms with van der Waals surface area (Å²) in [6, 6.07) is 6.85. The maximum Gasteiger partial charge on any atom is 0.240 e. The van der Waals surface area contributed by atoms with Gasteiger partial charge < -0.3 is 5.73 Å². The van der Waals surface area contributed by atoms with E-state index in [1.807, 2.05) is 12.1 Å². The number of benzene rings is 1. The molecule has 0 aromatic heterocycles. The minimum absolute atomic E-state index is 0. The zero-order valence-electron chi connectivity index (χ0n) is 13.0. The number of halogens is 1. The molecule has 4 nitrogen and oxygen atoms in total. The lowest BCUT2D eigenvalue weighted by Crippen LogP contribution is -2.40. The van der Waals surface area contributed by atoms with Crippen molar-refractivity contribution in [1.29, 1.82) is 0 Å². The fourth-order valence-electron chi connectivity index (χ4n) is 1.99. The first-order valence-electron chi connectivity index (χ1n) is 7.23. The summed E-state index contributed by atoms with van der Waals surface area (Å²) in [6.45, 7) is 6.56. The molecule has 1 atom stereocenters. The third-order valence-corrected chi connectivity index (χ3v) is 4.91. The Bertz CT molecular complexity index is 501. The largest absolute Gasteiger partial charge is 0.329 e. The molecule has 0 fully saturated rings. The quantitative estimate of drug-likeness (QED) is 0.767. The molecule has 0 saturated carbocycles. The van der Waals surface area contributed by atoms with Gasteiger partial charge in [-0.3, -0.25) is 0 Å². The number of hydrogen-bond donors (Lipinski definition) is 2. The lowest BCUT2D eigenvalue weighted by atomic mass is 10.0. The average Bonchev–Trinajstić information content (AvgIpc) is 2.43. The van der Waals surface area contributed by atoms with Crippen molar-refractivity contribution in [2.75, 3.05) is 6.54 Å². The maximum atomic E-state index is 12.3. The number of unbranched alkanes of at least 4 members (excludes halogenated alkanes) is 1. The van der Waals surface area contributed by atoms with E-state index in [0.717, 1.165) is 24.8 Å². The highest BCUT2D eigenvalue weighted by molar-refractivity contribution is 7.89. The van der Waals surface area contributed by atoms with Crippen molar-refractivity contribution in [3.05, 3.63) is 29.8 Å². The van der Waals surface area contributed by atoms with Crippen LogP contribution in [0.3, 0.4) is 0 Å². The minimum atomic E-state index is -3.47. The van der Waals surface area contributed by atoms with Crippen LogP contribution in [-0.4, -0.2) is 21.0 Å². The van der Waals surface area contributed by atoms with Crippen LogP contribution in [-0.2, 0) is 10.0 Å². The van der Waals surface area contributed by atoms with Gasteiger partial charge >= 0.3 is 0 Å². The summed E-state index contributed by atoms with van der Waals surface area (Å²) < 4.78 is 27.2. The summed E-state index contributed by atoms with van der Waals surface area (Å²) in [5, 5.41) is 0. The molecule has 0 aliphatic heterocycles. The van der Waals surface area contributed by atoms with Crippen molar-refractivity contribution in [3.63, 3.8) is 0 Å². The Morgan fingerprint density at radius 1 is 1.19 bits per heavy atom. The van der Waals surface area contributed by atoms with Crippen LogP contribution in [0, 0.1) is 0 Å². The normalized spacial score (nSPS) is 13.0. The molecule has 1 aromatic rings. The van der Waals surface area contributed by atoms with Gasteiger partial charge in [0.05, 0.1) is 4.90 Å². The molecule has 122 valence electrons. The molecule has 6 heteroatoms. The Balaban J connectivity index is 0.00000400. The van der Waals surface area contributed by atoms with E-state index < -0.39 is 10.0 Å². The van der Waals surface area contributed by atoms with Crippen LogP contribution < -0.4 is 10.5 Å². The summed E-state index contributed by atoms with van der Waals surface area (Å²) in [6.07, 6.45) is 2.77. The molecular formula is C15H27ClN2O2S. The van der Waals surface area contributed by atoms with Crippen molar-refractivity contribution in [2.24, 2.45) is 5.73 Å². The van der Waals surface area contributed by atoms with Crippen LogP contribution >= 0.6 is 12.4 Å². The van der Waals surface area contributed by atoms with Gasteiger partial charge in [0, 0.05) is 12.6 Å². The Kier molecular flexibility index (Phi) is 9.13. The number of rotatable bonds is 8. The average molecular weight is 335 g/mol. The van der Waals surface area contributed by atoms with Crippen molar-refractivity contribution < 1.29 is 8.42 Å². The molecule has 1 unspecified atom stereocenters. The monoisotopic (exact) mass is 334 g/mol. The molecule has 0 aliphatic rings. The van der Waals surface area contributed by atoms with Gasteiger partial charge in [0.2, 0.25) is 10.0 Å². The van der Waals surface area contributed by atoms with Gasteiger partial charge in [-0.05, 0) is 30.0 Å². The first-order valence-corrected chi connectivity index (χ1v) is 8.71. The zero-order valence-corrected chi connectivity index (χ0v) is 14.6. The van der Waals surface area contributed by atoms with E-state index >= 15 is 0 Å². The van der Waals surface area contributed by atoms with Gasteiger partial charge in [-0.25, -0.2) is 13.1 Å². The second-order valence-corrected chi connectivity index (χ2v) is 7.13. The van der Waals surface area contributed by atoms with Crippen LogP contribution in [0.5, 0.6) is 0 Å². The molecule has 0 radical (unpaired) electrons. The number of hydrogen-bond acceptors (Lipinski definition) is 3. The van der Waals surface area contributed by atoms with E-state index in [4.69, 9.17) is 5.73 Å². The van der Waals surface area contributed by atoms with Gasteiger partial charge in [-0.2, -0.15) is 0 Å². The molecule has 3 N–H and O–H groups in total. The molecule has 0 aliphatic carbocycles. The van der Waals surface area contributed by atoms with E-state index in [2.05, 4.69) is 25.5 Å². The molecule has 0 saturated heterocycles. The number of sulfonamides is 1. The lowest BCUT2D eigenvalue weighted by molar-refractivity contribution is 0.516. The number of nitrogens with two attached hydrogens (primary N) is 1. The first-order chi connectivity index (χ1) is 9.40. The Morgan fingerprint density at radius 3 is 2.19 bits per heavy atom. The molecule has 0 amide bonds. The Hall–Kier alpha value is -0.620. The fourth-order valence-corrected chi connectivity index (χ4v) is 3.28. The summed E-state index contributed by atoms with van der Waals surface area (Å²) in [4.78, 5) is 0.303. The smallest absolute Gasteiger partial charge is 0.240 e. The van der Waals surface area contributed by atoms with Crippen molar-refractivity contribution in [1.82, 2.24) is 4.72 Å². The molecule has 1 rings (SSSR count). The minimum Gasteiger partial charge on any atom is -0.329 e. The summed E-state index contributed by atoms with van der Waals surface area (Å²) in [5.74, 6) is 0.390. The standard InChI is InChI=1S/C15H26N2O2S.ClH/c1-4-5-6-14(11-16)17-20(18,19)15-9-7-13(8-10-15)12(2)3;/h7-10,12,14,17H,4-6,11,16H2,1-3H3;1H. The predicted molar refractivity (Wildman–Crippen MR) is 90.5 cm³/mol. The summed E-state index contributed by atoms with van der Waals surface area (Å²) in [7, 11) is -3.47. The summed E-state index contributed by atoms with van der Waals surface area (Å²) >= 11 is 0. The van der Waals surface area contributed by atoms with Gasteiger partial charge in [0.15, 0.2) is 0 Å². The predicted octanol–water partition coefficient (Wildman–Crippen LogP) is 3.03. The van der Waals surface area contributed by atoms with Crippen molar-refractivity contribution in [2.45, 2.75) is 56.9 Å². The van der Waals surface area contributed by atoms with Crippen LogP contribution in [0.25, 0.3) is 0 Å². The van der Waals surface area contributed by atoms with E-state index in [0.29, 0.717) is 17.4 Å². The maximum absolute atomic E-state index is 12.3. The van der Waals surface area contributed by atoms with Crippen LogP contribution in [0.15, 0.2) is 29.2 Å². The highest BCUT2D eigenvalue weighted by Crippen LogP contribution is 2.17. The van der Waals surface area contributed by atoms with E-state index in [9.17, 15) is 8.42 Å². The SMILES string of the molecule is CCCCC(CN)NS(=O)(=O)c1ccc(C(C)C)cc1.Cl.